The maximum absolute atomic E-state index is 5.84. The summed E-state index contributed by atoms with van der Waals surface area (Å²) in [5.74, 6) is 0.884. The highest BCUT2D eigenvalue weighted by Crippen LogP contribution is 2.23. The van der Waals surface area contributed by atoms with Crippen molar-refractivity contribution >= 4 is 38.9 Å². The highest BCUT2D eigenvalue weighted by molar-refractivity contribution is 9.08. The number of thiophene rings is 1. The van der Waals surface area contributed by atoms with Gasteiger partial charge in [-0.3, -0.25) is 0 Å². The molecule has 4 heteroatoms. The summed E-state index contributed by atoms with van der Waals surface area (Å²) in [6.07, 6.45) is 0. The monoisotopic (exact) mass is 316 g/mol. The van der Waals surface area contributed by atoms with E-state index in [1.54, 1.807) is 11.3 Å². The van der Waals surface area contributed by atoms with Crippen molar-refractivity contribution in [3.63, 3.8) is 0 Å². The minimum absolute atomic E-state index is 0.574. The zero-order valence-corrected chi connectivity index (χ0v) is 11.6. The van der Waals surface area contributed by atoms with E-state index in [-0.39, 0.29) is 0 Å². The lowest BCUT2D eigenvalue weighted by molar-refractivity contribution is 0.310. The molecule has 0 bridgehead atoms. The Morgan fingerprint density at radius 2 is 1.88 bits per heavy atom. The number of benzene rings is 1. The molecule has 0 radical (unpaired) electrons. The second-order valence-electron chi connectivity index (χ2n) is 3.27. The number of hydrogen-bond donors (Lipinski definition) is 0. The van der Waals surface area contributed by atoms with Crippen LogP contribution in [0.4, 0.5) is 0 Å². The van der Waals surface area contributed by atoms with E-state index in [4.69, 9.17) is 16.3 Å². The summed E-state index contributed by atoms with van der Waals surface area (Å²) < 4.78 is 6.44. The smallest absolute Gasteiger partial charge is 0.122 e. The fourth-order valence-electron chi connectivity index (χ4n) is 1.26. The molecular weight excluding hydrogens is 308 g/mol. The van der Waals surface area contributed by atoms with Gasteiger partial charge in [0.2, 0.25) is 0 Å². The second kappa shape index (κ2) is 5.71. The highest BCUT2D eigenvalue weighted by Gasteiger charge is 1.99. The summed E-state index contributed by atoms with van der Waals surface area (Å²) in [6.45, 7) is 0.574. The minimum Gasteiger partial charge on any atom is -0.488 e. The number of rotatable bonds is 4. The van der Waals surface area contributed by atoms with Gasteiger partial charge in [-0.25, -0.2) is 0 Å². The third-order valence-corrected chi connectivity index (χ3v) is 3.94. The van der Waals surface area contributed by atoms with Crippen molar-refractivity contribution in [2.45, 2.75) is 11.9 Å². The topological polar surface area (TPSA) is 9.23 Å². The van der Waals surface area contributed by atoms with E-state index in [1.807, 2.05) is 36.4 Å². The van der Waals surface area contributed by atoms with E-state index < -0.39 is 0 Å². The van der Waals surface area contributed by atoms with Crippen LogP contribution < -0.4 is 4.74 Å². The molecule has 0 fully saturated rings. The standard InChI is InChI=1S/C12H10BrClOS/c13-7-9-1-3-10(4-2-9)15-8-11-5-6-12(14)16-11/h1-6H,7-8H2. The van der Waals surface area contributed by atoms with E-state index >= 15 is 0 Å². The van der Waals surface area contributed by atoms with E-state index in [1.165, 1.54) is 5.56 Å². The molecule has 0 N–H and O–H groups in total. The zero-order chi connectivity index (χ0) is 11.4. The molecule has 0 atom stereocenters. The molecule has 2 rings (SSSR count). The van der Waals surface area contributed by atoms with Crippen LogP contribution in [0.15, 0.2) is 36.4 Å². The van der Waals surface area contributed by atoms with Gasteiger partial charge < -0.3 is 4.74 Å². The Balaban J connectivity index is 1.94. The molecule has 1 heterocycles. The molecule has 0 saturated carbocycles. The van der Waals surface area contributed by atoms with Crippen molar-refractivity contribution in [2.24, 2.45) is 0 Å². The molecule has 0 amide bonds. The molecular formula is C12H10BrClOS. The van der Waals surface area contributed by atoms with Crippen LogP contribution in [0.5, 0.6) is 5.75 Å². The van der Waals surface area contributed by atoms with Crippen molar-refractivity contribution in [2.75, 3.05) is 0 Å². The van der Waals surface area contributed by atoms with Gasteiger partial charge in [0, 0.05) is 10.2 Å². The average Bonchev–Trinajstić information content (AvgIpc) is 2.73. The van der Waals surface area contributed by atoms with Gasteiger partial charge in [-0.05, 0) is 29.8 Å². The fraction of sp³-hybridized carbons (Fsp3) is 0.167. The van der Waals surface area contributed by atoms with Crippen molar-refractivity contribution < 1.29 is 4.74 Å². The molecule has 0 aliphatic carbocycles. The Morgan fingerprint density at radius 1 is 1.12 bits per heavy atom. The van der Waals surface area contributed by atoms with Gasteiger partial charge in [0.15, 0.2) is 0 Å². The van der Waals surface area contributed by atoms with Gasteiger partial charge >= 0.3 is 0 Å². The normalized spacial score (nSPS) is 10.4. The first-order valence-electron chi connectivity index (χ1n) is 4.80. The summed E-state index contributed by atoms with van der Waals surface area (Å²) in [5, 5.41) is 0.869. The quantitative estimate of drug-likeness (QED) is 0.731. The van der Waals surface area contributed by atoms with Crippen molar-refractivity contribution in [3.8, 4) is 5.75 Å². The molecule has 1 aromatic carbocycles. The molecule has 0 saturated heterocycles. The number of alkyl halides is 1. The molecule has 84 valence electrons. The predicted octanol–water partition coefficient (Wildman–Crippen LogP) is 4.88. The third kappa shape index (κ3) is 3.24. The lowest BCUT2D eigenvalue weighted by Crippen LogP contribution is -1.92. The number of ether oxygens (including phenoxy) is 1. The van der Waals surface area contributed by atoms with Crippen LogP contribution in [0.1, 0.15) is 10.4 Å². The summed E-state index contributed by atoms with van der Waals surface area (Å²) >= 11 is 10.8. The van der Waals surface area contributed by atoms with Crippen LogP contribution >= 0.6 is 38.9 Å². The number of hydrogen-bond acceptors (Lipinski definition) is 2. The predicted molar refractivity (Wildman–Crippen MR) is 72.7 cm³/mol. The van der Waals surface area contributed by atoms with Crippen LogP contribution in [-0.2, 0) is 11.9 Å². The SMILES string of the molecule is Clc1ccc(COc2ccc(CBr)cc2)s1. The van der Waals surface area contributed by atoms with Gasteiger partial charge in [0.05, 0.1) is 4.34 Å². The Morgan fingerprint density at radius 3 is 2.44 bits per heavy atom. The average molecular weight is 318 g/mol. The second-order valence-corrected chi connectivity index (χ2v) is 5.63. The first-order chi connectivity index (χ1) is 7.78. The molecule has 16 heavy (non-hydrogen) atoms. The first kappa shape index (κ1) is 12.0. The Kier molecular flexibility index (Phi) is 4.27. The van der Waals surface area contributed by atoms with Gasteiger partial charge in [-0.2, -0.15) is 0 Å². The largest absolute Gasteiger partial charge is 0.488 e. The lowest BCUT2D eigenvalue weighted by Gasteiger charge is -2.04. The first-order valence-corrected chi connectivity index (χ1v) is 7.11. The van der Waals surface area contributed by atoms with Crippen molar-refractivity contribution in [3.05, 3.63) is 51.2 Å². The summed E-state index contributed by atoms with van der Waals surface area (Å²) in [4.78, 5) is 1.13. The van der Waals surface area contributed by atoms with Crippen LogP contribution in [0, 0.1) is 0 Å². The van der Waals surface area contributed by atoms with Gasteiger partial charge in [-0.15, -0.1) is 11.3 Å². The molecule has 1 nitrogen and oxygen atoms in total. The molecule has 0 aliphatic rings. The Bertz CT molecular complexity index is 452. The van der Waals surface area contributed by atoms with E-state index in [0.29, 0.717) is 6.61 Å². The molecule has 0 spiro atoms. The van der Waals surface area contributed by atoms with E-state index in [0.717, 1.165) is 20.3 Å². The highest BCUT2D eigenvalue weighted by atomic mass is 79.9. The molecule has 0 aliphatic heterocycles. The van der Waals surface area contributed by atoms with E-state index in [9.17, 15) is 0 Å². The van der Waals surface area contributed by atoms with Crippen molar-refractivity contribution in [1.29, 1.82) is 0 Å². The van der Waals surface area contributed by atoms with Crippen molar-refractivity contribution in [1.82, 2.24) is 0 Å². The van der Waals surface area contributed by atoms with Crippen LogP contribution in [-0.4, -0.2) is 0 Å². The Labute approximate surface area is 112 Å². The van der Waals surface area contributed by atoms with Gasteiger partial charge in [0.25, 0.3) is 0 Å². The lowest BCUT2D eigenvalue weighted by atomic mass is 10.2. The number of halogens is 2. The fourth-order valence-corrected chi connectivity index (χ4v) is 2.63. The van der Waals surface area contributed by atoms with E-state index in [2.05, 4.69) is 15.9 Å². The summed E-state index contributed by atoms with van der Waals surface area (Å²) in [6, 6.07) is 11.9. The maximum atomic E-state index is 5.84. The maximum Gasteiger partial charge on any atom is 0.122 e. The van der Waals surface area contributed by atoms with Crippen LogP contribution in [0.3, 0.4) is 0 Å². The Hall–Kier alpha value is -0.510. The molecule has 2 aromatic rings. The van der Waals surface area contributed by atoms with Crippen LogP contribution in [0.2, 0.25) is 4.34 Å². The van der Waals surface area contributed by atoms with Gasteiger partial charge in [-0.1, -0.05) is 39.7 Å². The molecule has 0 unspecified atom stereocenters. The third-order valence-electron chi connectivity index (χ3n) is 2.09. The van der Waals surface area contributed by atoms with Crippen LogP contribution in [0.25, 0.3) is 0 Å². The molecule has 1 aromatic heterocycles. The zero-order valence-electron chi connectivity index (χ0n) is 8.45. The minimum atomic E-state index is 0.574. The summed E-state index contributed by atoms with van der Waals surface area (Å²) in [7, 11) is 0. The van der Waals surface area contributed by atoms with Gasteiger partial charge in [0.1, 0.15) is 12.4 Å². The summed E-state index contributed by atoms with van der Waals surface area (Å²) in [5.41, 5.74) is 1.24.